The number of unbranched alkanes of at least 4 members (excludes halogenated alkanes) is 34. The molecule has 0 amide bonds. The van der Waals surface area contributed by atoms with E-state index in [0.717, 1.165) is 38.5 Å². The van der Waals surface area contributed by atoms with Crippen LogP contribution in [-0.2, 0) is 29.2 Å². The number of hydrogen-bond acceptors (Lipinski definition) is 8. The van der Waals surface area contributed by atoms with Gasteiger partial charge in [0.1, 0.15) is 0 Å². The molecule has 0 spiro atoms. The molecule has 0 fully saturated rings. The molecule has 0 aromatic heterocycles. The zero-order chi connectivity index (χ0) is 46.1. The minimum atomic E-state index is -4.61. The van der Waals surface area contributed by atoms with Crippen molar-refractivity contribution in [1.29, 1.82) is 0 Å². The molecule has 0 aliphatic rings. The smallest absolute Gasteiger partial charge is 0.726 e. The molecular formula is C52H102CaO8S2. The zero-order valence-electron chi connectivity index (χ0n) is 42.0. The van der Waals surface area contributed by atoms with Gasteiger partial charge in [0, 0.05) is 11.8 Å². The van der Waals surface area contributed by atoms with Crippen LogP contribution in [0.25, 0.3) is 0 Å². The zero-order valence-corrected chi connectivity index (χ0v) is 45.8. The summed E-state index contributed by atoms with van der Waals surface area (Å²) >= 11 is 0. The monoisotopic (exact) mass is 959 g/mol. The van der Waals surface area contributed by atoms with E-state index >= 15 is 0 Å². The number of allylic oxidation sites excluding steroid dienone is 2. The van der Waals surface area contributed by atoms with Gasteiger partial charge in [-0.25, -0.2) is 16.8 Å². The van der Waals surface area contributed by atoms with Crippen molar-refractivity contribution in [1.82, 2.24) is 0 Å². The summed E-state index contributed by atoms with van der Waals surface area (Å²) in [6.07, 6.45) is 58.8. The van der Waals surface area contributed by atoms with Gasteiger partial charge < -0.3 is 9.11 Å². The molecule has 0 aliphatic carbocycles. The van der Waals surface area contributed by atoms with Crippen LogP contribution in [0.4, 0.5) is 0 Å². The van der Waals surface area contributed by atoms with Crippen molar-refractivity contribution in [2.75, 3.05) is 13.2 Å². The maximum Gasteiger partial charge on any atom is 2.00 e. The van der Waals surface area contributed by atoms with Crippen molar-refractivity contribution < 1.29 is 34.3 Å². The Morgan fingerprint density at radius 1 is 0.349 bits per heavy atom. The van der Waals surface area contributed by atoms with E-state index in [1.807, 2.05) is 0 Å². The van der Waals surface area contributed by atoms with Crippen molar-refractivity contribution in [3.05, 3.63) is 24.3 Å². The standard InChI is InChI=1S/2C26H52O4S.Ca/c2*1-3-5-7-9-11-13-14-15-16-18-20-22-24-26(25-30-31(27,28)29)23-21-19-17-12-10-8-6-4-2;/h2*21,23,26H,3-20,22,24-25H2,1-2H3,(H,27,28,29);/q;;+2/p-2/b2*23-21+;. The van der Waals surface area contributed by atoms with Crippen LogP contribution in [0.3, 0.4) is 0 Å². The van der Waals surface area contributed by atoms with Crippen molar-refractivity contribution >= 4 is 58.5 Å². The fourth-order valence-corrected chi connectivity index (χ4v) is 8.65. The van der Waals surface area contributed by atoms with Crippen LogP contribution in [0.2, 0.25) is 0 Å². The summed E-state index contributed by atoms with van der Waals surface area (Å²) in [4.78, 5) is 0. The average Bonchev–Trinajstić information content (AvgIpc) is 3.23. The van der Waals surface area contributed by atoms with E-state index < -0.39 is 20.8 Å². The van der Waals surface area contributed by atoms with Gasteiger partial charge in [-0.1, -0.05) is 270 Å². The summed E-state index contributed by atoms with van der Waals surface area (Å²) in [5, 5.41) is 0. The van der Waals surface area contributed by atoms with E-state index in [0.29, 0.717) is 0 Å². The molecule has 372 valence electrons. The number of rotatable bonds is 48. The first-order valence-electron chi connectivity index (χ1n) is 26.5. The van der Waals surface area contributed by atoms with E-state index in [2.05, 4.69) is 60.4 Å². The Morgan fingerprint density at radius 2 is 0.556 bits per heavy atom. The third-order valence-electron chi connectivity index (χ3n) is 12.0. The summed E-state index contributed by atoms with van der Waals surface area (Å²) in [5.74, 6) is 0.0406. The minimum absolute atomic E-state index is 0. The van der Waals surface area contributed by atoms with E-state index in [4.69, 9.17) is 0 Å². The van der Waals surface area contributed by atoms with Gasteiger partial charge in [-0.2, -0.15) is 0 Å². The Morgan fingerprint density at radius 3 is 0.778 bits per heavy atom. The Labute approximate surface area is 423 Å². The van der Waals surface area contributed by atoms with E-state index in [1.54, 1.807) is 0 Å². The molecule has 0 aromatic carbocycles. The molecule has 0 aromatic rings. The van der Waals surface area contributed by atoms with Gasteiger partial charge in [-0.05, 0) is 38.5 Å². The second-order valence-electron chi connectivity index (χ2n) is 18.2. The normalized spacial score (nSPS) is 13.0. The van der Waals surface area contributed by atoms with Gasteiger partial charge in [0.15, 0.2) is 0 Å². The summed E-state index contributed by atoms with van der Waals surface area (Å²) < 4.78 is 73.9. The maximum atomic E-state index is 10.8. The largest absolute Gasteiger partial charge is 2.00 e. The van der Waals surface area contributed by atoms with E-state index in [-0.39, 0.29) is 62.8 Å². The molecule has 11 heteroatoms. The van der Waals surface area contributed by atoms with Gasteiger partial charge in [0.25, 0.3) is 0 Å². The fourth-order valence-electron chi connectivity index (χ4n) is 7.97. The van der Waals surface area contributed by atoms with Crippen LogP contribution in [0.5, 0.6) is 0 Å². The second kappa shape index (κ2) is 53.4. The molecular weight excluding hydrogens is 857 g/mol. The van der Waals surface area contributed by atoms with Crippen molar-refractivity contribution in [2.45, 2.75) is 285 Å². The first kappa shape index (κ1) is 67.7. The average molecular weight is 960 g/mol. The van der Waals surface area contributed by atoms with Crippen LogP contribution < -0.4 is 0 Å². The topological polar surface area (TPSA) is 133 Å². The molecule has 0 aliphatic heterocycles. The first-order chi connectivity index (χ1) is 30.0. The van der Waals surface area contributed by atoms with Gasteiger partial charge in [-0.15, -0.1) is 0 Å². The van der Waals surface area contributed by atoms with Crippen LogP contribution in [-0.4, -0.2) is 76.9 Å². The van der Waals surface area contributed by atoms with Gasteiger partial charge in [0.2, 0.25) is 20.8 Å². The molecule has 2 atom stereocenters. The molecule has 8 nitrogen and oxygen atoms in total. The van der Waals surface area contributed by atoms with Gasteiger partial charge >= 0.3 is 37.7 Å². The summed E-state index contributed by atoms with van der Waals surface area (Å²) in [6.45, 7) is 8.93. The Hall–Kier alpha value is 0.480. The van der Waals surface area contributed by atoms with Gasteiger partial charge in [0.05, 0.1) is 13.2 Å². The fraction of sp³-hybridized carbons (Fsp3) is 0.923. The van der Waals surface area contributed by atoms with Crippen LogP contribution in [0.15, 0.2) is 24.3 Å². The number of hydrogen-bond donors (Lipinski definition) is 0. The summed E-state index contributed by atoms with van der Waals surface area (Å²) in [7, 11) is -9.21. The molecule has 63 heavy (non-hydrogen) atoms. The molecule has 0 bridgehead atoms. The van der Waals surface area contributed by atoms with Crippen LogP contribution in [0, 0.1) is 11.8 Å². The van der Waals surface area contributed by atoms with Crippen LogP contribution >= 0.6 is 0 Å². The Balaban J connectivity index is -0.00000112. The molecule has 0 rings (SSSR count). The van der Waals surface area contributed by atoms with Crippen molar-refractivity contribution in [3.8, 4) is 0 Å². The Bertz CT molecular complexity index is 1070. The third kappa shape index (κ3) is 62.5. The quantitative estimate of drug-likeness (QED) is 0.0194. The maximum absolute atomic E-state index is 10.8. The van der Waals surface area contributed by atoms with E-state index in [9.17, 15) is 25.9 Å². The molecule has 2 unspecified atom stereocenters. The van der Waals surface area contributed by atoms with Crippen molar-refractivity contribution in [2.24, 2.45) is 11.8 Å². The SMILES string of the molecule is CCCCCCCC/C=C/C(CCCCCCCCCCCCCC)COS(=O)(=O)[O-].CCCCCCCC/C=C/C(CCCCCCCCCCCCCC)COS(=O)(=O)[O-].[Ca+2]. The Kier molecular flexibility index (Phi) is 57.5. The predicted octanol–water partition coefficient (Wildman–Crippen LogP) is 16.6. The van der Waals surface area contributed by atoms with Crippen molar-refractivity contribution in [3.63, 3.8) is 0 Å². The van der Waals surface area contributed by atoms with E-state index in [1.165, 1.54) is 218 Å². The first-order valence-corrected chi connectivity index (χ1v) is 29.2. The molecule has 0 saturated carbocycles. The summed E-state index contributed by atoms with van der Waals surface area (Å²) in [6, 6.07) is 0. The third-order valence-corrected chi connectivity index (χ3v) is 12.8. The molecule has 0 saturated heterocycles. The summed E-state index contributed by atoms with van der Waals surface area (Å²) in [5.41, 5.74) is 0. The van der Waals surface area contributed by atoms with Crippen LogP contribution in [0.1, 0.15) is 285 Å². The molecule has 0 heterocycles. The second-order valence-corrected chi connectivity index (χ2v) is 20.3. The molecule has 0 N–H and O–H groups in total. The van der Waals surface area contributed by atoms with Gasteiger partial charge in [-0.3, -0.25) is 8.37 Å². The molecule has 0 radical (unpaired) electrons. The predicted molar refractivity (Wildman–Crippen MR) is 270 cm³/mol. The minimum Gasteiger partial charge on any atom is -0.726 e.